The highest BCUT2D eigenvalue weighted by Crippen LogP contribution is 2.26. The number of carbonyl (C=O) groups is 1. The lowest BCUT2D eigenvalue weighted by Gasteiger charge is -2.27. The molecular weight excluding hydrogens is 335 g/mol. The first kappa shape index (κ1) is 22.4. The first-order valence-electron chi connectivity index (χ1n) is 9.30. The molecule has 1 aromatic carbocycles. The molecular formula is C20H33FN2O3. The molecule has 6 heteroatoms. The third-order valence-corrected chi connectivity index (χ3v) is 4.76. The van der Waals surface area contributed by atoms with E-state index in [1.165, 1.54) is 45.3 Å². The third-order valence-electron chi connectivity index (χ3n) is 4.76. The number of phenols is 1. The van der Waals surface area contributed by atoms with Crippen LogP contribution in [-0.2, 0) is 22.7 Å². The Kier molecular flexibility index (Phi) is 10.2. The molecule has 1 aromatic rings. The molecule has 1 atom stereocenters. The summed E-state index contributed by atoms with van der Waals surface area (Å²) < 4.78 is 18.3. The van der Waals surface area contributed by atoms with Crippen molar-refractivity contribution in [3.05, 3.63) is 29.1 Å². The predicted molar refractivity (Wildman–Crippen MR) is 101 cm³/mol. The molecule has 0 heterocycles. The van der Waals surface area contributed by atoms with E-state index >= 15 is 0 Å². The van der Waals surface area contributed by atoms with Crippen LogP contribution < -0.4 is 10.6 Å². The Morgan fingerprint density at radius 3 is 2.54 bits per heavy atom. The van der Waals surface area contributed by atoms with Crippen LogP contribution in [0.3, 0.4) is 0 Å². The lowest BCUT2D eigenvalue weighted by Crippen LogP contribution is -2.37. The number of rotatable bonds is 6. The molecule has 148 valence electrons. The van der Waals surface area contributed by atoms with Gasteiger partial charge in [0.1, 0.15) is 0 Å². The van der Waals surface area contributed by atoms with Crippen LogP contribution in [-0.4, -0.2) is 31.2 Å². The molecule has 0 aliphatic heterocycles. The van der Waals surface area contributed by atoms with Crippen LogP contribution in [0.25, 0.3) is 0 Å². The van der Waals surface area contributed by atoms with Gasteiger partial charge in [-0.1, -0.05) is 25.3 Å². The summed E-state index contributed by atoms with van der Waals surface area (Å²) in [6.07, 6.45) is 6.65. The van der Waals surface area contributed by atoms with E-state index < -0.39 is 5.82 Å². The number of nitrogens with one attached hydrogen (secondary N) is 2. The molecule has 1 fully saturated rings. The Morgan fingerprint density at radius 1 is 1.35 bits per heavy atom. The van der Waals surface area contributed by atoms with Crippen molar-refractivity contribution in [2.45, 2.75) is 65.1 Å². The van der Waals surface area contributed by atoms with Gasteiger partial charge in [0, 0.05) is 32.2 Å². The number of aromatic hydroxyl groups is 1. The minimum atomic E-state index is -0.598. The highest BCUT2D eigenvalue weighted by Gasteiger charge is 2.20. The summed E-state index contributed by atoms with van der Waals surface area (Å²) in [5.74, 6) is -0.104. The largest absolute Gasteiger partial charge is 0.505 e. The number of hydrogen-bond acceptors (Lipinski definition) is 4. The highest BCUT2D eigenvalue weighted by molar-refractivity contribution is 5.73. The van der Waals surface area contributed by atoms with Crippen molar-refractivity contribution in [1.29, 1.82) is 0 Å². The minimum Gasteiger partial charge on any atom is -0.505 e. The third kappa shape index (κ3) is 7.30. The molecule has 1 aliphatic carbocycles. The maximum absolute atomic E-state index is 13.4. The first-order chi connectivity index (χ1) is 12.4. The summed E-state index contributed by atoms with van der Waals surface area (Å²) in [5.41, 5.74) is 1.20. The standard InChI is InChI=1S/C10H14FNO2.C10H19NO/c1-12-5-7-3-4-9(13)10(11)8(7)6-14-2;1-8(11-9(2)12)10-6-4-3-5-7-10/h3-4,12-13H,5-6H2,1-2H3;8,10H,3-7H2,1-2H3,(H,11,12). The van der Waals surface area contributed by atoms with Gasteiger partial charge >= 0.3 is 0 Å². The van der Waals surface area contributed by atoms with Crippen molar-refractivity contribution in [3.8, 4) is 5.75 Å². The Balaban J connectivity index is 0.000000263. The van der Waals surface area contributed by atoms with E-state index in [4.69, 9.17) is 9.84 Å². The smallest absolute Gasteiger partial charge is 0.217 e. The zero-order chi connectivity index (χ0) is 19.5. The van der Waals surface area contributed by atoms with Gasteiger partial charge in [-0.2, -0.15) is 0 Å². The zero-order valence-corrected chi connectivity index (χ0v) is 16.4. The number of methoxy groups -OCH3 is 1. The Hall–Kier alpha value is -1.66. The average Bonchev–Trinajstić information content (AvgIpc) is 2.62. The normalized spacial score (nSPS) is 15.7. The minimum absolute atomic E-state index is 0.105. The Morgan fingerprint density at radius 2 is 2.00 bits per heavy atom. The second-order valence-electron chi connectivity index (χ2n) is 6.89. The van der Waals surface area contributed by atoms with Gasteiger partial charge in [-0.25, -0.2) is 4.39 Å². The summed E-state index contributed by atoms with van der Waals surface area (Å²) in [5, 5.41) is 15.1. The maximum atomic E-state index is 13.4. The van der Waals surface area contributed by atoms with E-state index in [-0.39, 0.29) is 18.3 Å². The fraction of sp³-hybridized carbons (Fsp3) is 0.650. The van der Waals surface area contributed by atoms with Crippen LogP contribution in [0, 0.1) is 11.7 Å². The van der Waals surface area contributed by atoms with Crippen molar-refractivity contribution < 1.29 is 19.0 Å². The van der Waals surface area contributed by atoms with E-state index in [2.05, 4.69) is 17.6 Å². The molecule has 26 heavy (non-hydrogen) atoms. The Bertz CT molecular complexity index is 560. The molecule has 0 spiro atoms. The summed E-state index contributed by atoms with van der Waals surface area (Å²) in [4.78, 5) is 10.8. The van der Waals surface area contributed by atoms with Crippen LogP contribution in [0.4, 0.5) is 4.39 Å². The molecule has 0 bridgehead atoms. The van der Waals surface area contributed by atoms with Gasteiger partial charge < -0.3 is 20.5 Å². The van der Waals surface area contributed by atoms with Crippen molar-refractivity contribution >= 4 is 5.91 Å². The van der Waals surface area contributed by atoms with Crippen molar-refractivity contribution in [3.63, 3.8) is 0 Å². The van der Waals surface area contributed by atoms with E-state index in [9.17, 15) is 9.18 Å². The van der Waals surface area contributed by atoms with Crippen molar-refractivity contribution in [2.24, 2.45) is 5.92 Å². The van der Waals surface area contributed by atoms with Crippen LogP contribution in [0.2, 0.25) is 0 Å². The highest BCUT2D eigenvalue weighted by atomic mass is 19.1. The van der Waals surface area contributed by atoms with Crippen LogP contribution in [0.1, 0.15) is 57.1 Å². The second kappa shape index (κ2) is 11.9. The van der Waals surface area contributed by atoms with Gasteiger partial charge in [0.2, 0.25) is 5.91 Å². The number of benzene rings is 1. The fourth-order valence-electron chi connectivity index (χ4n) is 3.38. The van der Waals surface area contributed by atoms with Crippen molar-refractivity contribution in [2.75, 3.05) is 14.2 Å². The van der Waals surface area contributed by atoms with Gasteiger partial charge in [0.25, 0.3) is 0 Å². The predicted octanol–water partition coefficient (Wildman–Crippen LogP) is 3.49. The molecule has 3 N–H and O–H groups in total. The van der Waals surface area contributed by atoms with E-state index in [1.54, 1.807) is 20.0 Å². The van der Waals surface area contributed by atoms with Gasteiger partial charge in [0.15, 0.2) is 11.6 Å². The molecule has 1 unspecified atom stereocenters. The van der Waals surface area contributed by atoms with Gasteiger partial charge in [-0.3, -0.25) is 4.79 Å². The van der Waals surface area contributed by atoms with Gasteiger partial charge in [0.05, 0.1) is 6.61 Å². The summed E-state index contributed by atoms with van der Waals surface area (Å²) in [6, 6.07) is 3.41. The quantitative estimate of drug-likeness (QED) is 0.719. The van der Waals surface area contributed by atoms with E-state index in [1.807, 2.05) is 0 Å². The molecule has 2 rings (SSSR count). The summed E-state index contributed by atoms with van der Waals surface area (Å²) >= 11 is 0. The first-order valence-corrected chi connectivity index (χ1v) is 9.30. The number of hydrogen-bond donors (Lipinski definition) is 3. The number of halogens is 1. The van der Waals surface area contributed by atoms with Crippen molar-refractivity contribution in [1.82, 2.24) is 10.6 Å². The lowest BCUT2D eigenvalue weighted by molar-refractivity contribution is -0.119. The second-order valence-corrected chi connectivity index (χ2v) is 6.89. The molecule has 1 amide bonds. The van der Waals surface area contributed by atoms with Gasteiger partial charge in [-0.05, 0) is 44.4 Å². The summed E-state index contributed by atoms with van der Waals surface area (Å²) in [7, 11) is 3.27. The average molecular weight is 368 g/mol. The molecule has 0 radical (unpaired) electrons. The zero-order valence-electron chi connectivity index (χ0n) is 16.4. The van der Waals surface area contributed by atoms with Crippen LogP contribution in [0.5, 0.6) is 5.75 Å². The summed E-state index contributed by atoms with van der Waals surface area (Å²) in [6.45, 7) is 4.43. The number of carbonyl (C=O) groups excluding carboxylic acids is 1. The fourth-order valence-corrected chi connectivity index (χ4v) is 3.38. The molecule has 0 aromatic heterocycles. The molecule has 1 aliphatic rings. The van der Waals surface area contributed by atoms with E-state index in [0.717, 1.165) is 11.5 Å². The number of ether oxygens (including phenoxy) is 1. The van der Waals surface area contributed by atoms with Crippen LogP contribution >= 0.6 is 0 Å². The lowest BCUT2D eigenvalue weighted by atomic mass is 9.84. The molecule has 0 saturated heterocycles. The monoisotopic (exact) mass is 368 g/mol. The molecule has 1 saturated carbocycles. The maximum Gasteiger partial charge on any atom is 0.217 e. The van der Waals surface area contributed by atoms with Crippen LogP contribution in [0.15, 0.2) is 12.1 Å². The molecule has 5 nitrogen and oxygen atoms in total. The topological polar surface area (TPSA) is 70.6 Å². The Labute approximate surface area is 156 Å². The number of amides is 1. The SMILES string of the molecule is CC(=O)NC(C)C1CCCCC1.CNCc1ccc(O)c(F)c1COC. The van der Waals surface area contributed by atoms with Gasteiger partial charge in [-0.15, -0.1) is 0 Å². The number of phenolic OH excluding ortho intramolecular Hbond substituents is 1. The van der Waals surface area contributed by atoms with E-state index in [0.29, 0.717) is 18.2 Å².